The Labute approximate surface area is 111 Å². The van der Waals surface area contributed by atoms with Crippen molar-refractivity contribution >= 4 is 21.9 Å². The molecule has 1 N–H and O–H groups in total. The van der Waals surface area contributed by atoms with Crippen LogP contribution in [0.1, 0.15) is 5.56 Å². The molecule has 0 fully saturated rings. The summed E-state index contributed by atoms with van der Waals surface area (Å²) in [7, 11) is -4.15. The summed E-state index contributed by atoms with van der Waals surface area (Å²) in [5.41, 5.74) is 0.969. The number of rotatable bonds is 3. The molecule has 0 unspecified atom stereocenters. The number of benzene rings is 2. The van der Waals surface area contributed by atoms with Crippen LogP contribution in [0, 0.1) is 6.92 Å². The highest BCUT2D eigenvalue weighted by Gasteiger charge is 2.11. The van der Waals surface area contributed by atoms with Crippen LogP contribution in [0.15, 0.2) is 63.2 Å². The third kappa shape index (κ3) is 3.13. The van der Waals surface area contributed by atoms with E-state index in [1.54, 1.807) is 6.07 Å². The SMILES string of the molecule is Cc1ccc(S(=O)(=O)O)cc1Sc1ccccc1. The molecule has 0 aliphatic rings. The molecular weight excluding hydrogens is 268 g/mol. The van der Waals surface area contributed by atoms with Gasteiger partial charge in [0, 0.05) is 9.79 Å². The number of hydrogen-bond donors (Lipinski definition) is 1. The fraction of sp³-hybridized carbons (Fsp3) is 0.0769. The lowest BCUT2D eigenvalue weighted by atomic mass is 10.2. The van der Waals surface area contributed by atoms with Crippen molar-refractivity contribution in [3.8, 4) is 0 Å². The summed E-state index contributed by atoms with van der Waals surface area (Å²) in [5.74, 6) is 0. The van der Waals surface area contributed by atoms with Gasteiger partial charge in [0.1, 0.15) is 0 Å². The van der Waals surface area contributed by atoms with Crippen molar-refractivity contribution in [2.24, 2.45) is 0 Å². The van der Waals surface area contributed by atoms with Gasteiger partial charge in [0.2, 0.25) is 0 Å². The second-order valence-electron chi connectivity index (χ2n) is 3.82. The van der Waals surface area contributed by atoms with Crippen LogP contribution in [0.2, 0.25) is 0 Å². The van der Waals surface area contributed by atoms with Crippen LogP contribution >= 0.6 is 11.8 Å². The van der Waals surface area contributed by atoms with E-state index in [1.165, 1.54) is 23.9 Å². The van der Waals surface area contributed by atoms with Crippen molar-refractivity contribution < 1.29 is 13.0 Å². The molecule has 0 aliphatic heterocycles. The molecule has 0 saturated carbocycles. The molecule has 0 aromatic heterocycles. The van der Waals surface area contributed by atoms with E-state index < -0.39 is 10.1 Å². The zero-order valence-corrected chi connectivity index (χ0v) is 11.3. The van der Waals surface area contributed by atoms with Crippen molar-refractivity contribution in [1.29, 1.82) is 0 Å². The molecule has 0 amide bonds. The average Bonchev–Trinajstić information content (AvgIpc) is 2.32. The predicted molar refractivity (Wildman–Crippen MR) is 71.6 cm³/mol. The summed E-state index contributed by atoms with van der Waals surface area (Å²) in [6.45, 7) is 1.90. The fourth-order valence-electron chi connectivity index (χ4n) is 1.47. The summed E-state index contributed by atoms with van der Waals surface area (Å²) >= 11 is 1.47. The molecule has 2 rings (SSSR count). The summed E-state index contributed by atoms with van der Waals surface area (Å²) < 4.78 is 31.2. The minimum atomic E-state index is -4.15. The van der Waals surface area contributed by atoms with Crippen LogP contribution in [0.4, 0.5) is 0 Å². The molecule has 3 nitrogen and oxygen atoms in total. The highest BCUT2D eigenvalue weighted by Crippen LogP contribution is 2.31. The van der Waals surface area contributed by atoms with E-state index in [0.717, 1.165) is 15.4 Å². The van der Waals surface area contributed by atoms with Crippen molar-refractivity contribution in [2.75, 3.05) is 0 Å². The highest BCUT2D eigenvalue weighted by molar-refractivity contribution is 7.99. The summed E-state index contributed by atoms with van der Waals surface area (Å²) in [6.07, 6.45) is 0. The maximum absolute atomic E-state index is 11.1. The minimum absolute atomic E-state index is 0.0773. The van der Waals surface area contributed by atoms with Crippen molar-refractivity contribution in [3.63, 3.8) is 0 Å². The van der Waals surface area contributed by atoms with Gasteiger partial charge in [0.05, 0.1) is 4.90 Å². The molecule has 2 aromatic rings. The van der Waals surface area contributed by atoms with E-state index in [1.807, 2.05) is 37.3 Å². The second kappa shape index (κ2) is 5.14. The number of hydrogen-bond acceptors (Lipinski definition) is 3. The normalized spacial score (nSPS) is 11.4. The Kier molecular flexibility index (Phi) is 3.75. The molecule has 5 heteroatoms. The van der Waals surface area contributed by atoms with Gasteiger partial charge in [-0.3, -0.25) is 4.55 Å². The molecule has 0 saturated heterocycles. The summed E-state index contributed by atoms with van der Waals surface area (Å²) in [6, 6.07) is 14.2. The first-order valence-corrected chi connectivity index (χ1v) is 7.53. The molecule has 94 valence electrons. The van der Waals surface area contributed by atoms with E-state index in [-0.39, 0.29) is 4.90 Å². The standard InChI is InChI=1S/C13H12O3S2/c1-10-7-8-12(18(14,15)16)9-13(10)17-11-5-3-2-4-6-11/h2-9H,1H3,(H,14,15,16). The average molecular weight is 280 g/mol. The first-order valence-electron chi connectivity index (χ1n) is 5.28. The van der Waals surface area contributed by atoms with Crippen molar-refractivity contribution in [1.82, 2.24) is 0 Å². The summed E-state index contributed by atoms with van der Waals surface area (Å²) in [4.78, 5) is 1.76. The Morgan fingerprint density at radius 3 is 2.33 bits per heavy atom. The van der Waals surface area contributed by atoms with Crippen LogP contribution in [0.5, 0.6) is 0 Å². The van der Waals surface area contributed by atoms with Gasteiger partial charge in [0.25, 0.3) is 10.1 Å². The molecule has 0 bridgehead atoms. The first kappa shape index (κ1) is 13.1. The lowest BCUT2D eigenvalue weighted by Gasteiger charge is -2.07. The molecule has 0 heterocycles. The Bertz CT molecular complexity index is 649. The second-order valence-corrected chi connectivity index (χ2v) is 6.35. The maximum atomic E-state index is 11.1. The molecule has 0 radical (unpaired) electrons. The molecule has 18 heavy (non-hydrogen) atoms. The highest BCUT2D eigenvalue weighted by atomic mass is 32.2. The lowest BCUT2D eigenvalue weighted by molar-refractivity contribution is 0.483. The minimum Gasteiger partial charge on any atom is -0.282 e. The Hall–Kier alpha value is -1.30. The van der Waals surface area contributed by atoms with Gasteiger partial charge < -0.3 is 0 Å². The van der Waals surface area contributed by atoms with Crippen LogP contribution in [-0.4, -0.2) is 13.0 Å². The topological polar surface area (TPSA) is 54.4 Å². The van der Waals surface area contributed by atoms with E-state index in [2.05, 4.69) is 0 Å². The van der Waals surface area contributed by atoms with Gasteiger partial charge in [-0.05, 0) is 36.8 Å². The van der Waals surface area contributed by atoms with Gasteiger partial charge in [-0.1, -0.05) is 36.0 Å². The maximum Gasteiger partial charge on any atom is 0.294 e. The zero-order valence-electron chi connectivity index (χ0n) is 9.70. The van der Waals surface area contributed by atoms with Gasteiger partial charge in [-0.15, -0.1) is 0 Å². The quantitative estimate of drug-likeness (QED) is 0.876. The Morgan fingerprint density at radius 1 is 1.06 bits per heavy atom. The molecule has 0 spiro atoms. The van der Waals surface area contributed by atoms with Gasteiger partial charge in [-0.2, -0.15) is 8.42 Å². The Balaban J connectivity index is 2.39. The third-order valence-electron chi connectivity index (χ3n) is 2.43. The molecular formula is C13H12O3S2. The van der Waals surface area contributed by atoms with Gasteiger partial charge in [0.15, 0.2) is 0 Å². The fourth-order valence-corrected chi connectivity index (χ4v) is 3.01. The zero-order chi connectivity index (χ0) is 13.2. The Morgan fingerprint density at radius 2 is 1.72 bits per heavy atom. The molecule has 0 atom stereocenters. The van der Waals surface area contributed by atoms with E-state index in [9.17, 15) is 8.42 Å². The largest absolute Gasteiger partial charge is 0.294 e. The van der Waals surface area contributed by atoms with Crippen LogP contribution in [-0.2, 0) is 10.1 Å². The monoisotopic (exact) mass is 280 g/mol. The first-order chi connectivity index (χ1) is 8.47. The molecule has 2 aromatic carbocycles. The summed E-state index contributed by atoms with van der Waals surface area (Å²) in [5, 5.41) is 0. The van der Waals surface area contributed by atoms with Gasteiger partial charge in [-0.25, -0.2) is 0 Å². The van der Waals surface area contributed by atoms with Crippen LogP contribution in [0.3, 0.4) is 0 Å². The predicted octanol–water partition coefficient (Wildman–Crippen LogP) is 3.39. The molecule has 0 aliphatic carbocycles. The van der Waals surface area contributed by atoms with Crippen molar-refractivity contribution in [2.45, 2.75) is 21.6 Å². The van der Waals surface area contributed by atoms with Crippen molar-refractivity contribution in [3.05, 3.63) is 54.1 Å². The van der Waals surface area contributed by atoms with Gasteiger partial charge >= 0.3 is 0 Å². The smallest absolute Gasteiger partial charge is 0.282 e. The van der Waals surface area contributed by atoms with Crippen LogP contribution < -0.4 is 0 Å². The van der Waals surface area contributed by atoms with Crippen LogP contribution in [0.25, 0.3) is 0 Å². The number of aryl methyl sites for hydroxylation is 1. The van der Waals surface area contributed by atoms with E-state index >= 15 is 0 Å². The third-order valence-corrected chi connectivity index (χ3v) is 4.45. The lowest BCUT2D eigenvalue weighted by Crippen LogP contribution is -1.98. The van der Waals surface area contributed by atoms with E-state index in [0.29, 0.717) is 0 Å². The van der Waals surface area contributed by atoms with E-state index in [4.69, 9.17) is 4.55 Å².